The standard InChI is InChI=1S/C27H28O2S/c1-26(2)29-23-14-18-19(15-24(23)30-26)25-17-10-6-7-11-20(17)27(21(25)16-22(18)28)12-8-4-3-5-9-13-27/h6-7,10-11,14-16,28H,3-5,8-9,12-13H2,1-2H3. The van der Waals surface area contributed by atoms with Crippen molar-refractivity contribution in [2.75, 3.05) is 0 Å². The van der Waals surface area contributed by atoms with E-state index >= 15 is 0 Å². The molecule has 1 fully saturated rings. The first-order valence-corrected chi connectivity index (χ1v) is 12.1. The van der Waals surface area contributed by atoms with Crippen LogP contribution < -0.4 is 4.74 Å². The Bertz CT molecular complexity index is 1170. The Kier molecular flexibility index (Phi) is 3.99. The van der Waals surface area contributed by atoms with Crippen LogP contribution in [0.2, 0.25) is 0 Å². The second-order valence-electron chi connectivity index (χ2n) is 9.66. The SMILES string of the molecule is CC1(C)Oc2cc3c(O)cc4c(c3cc2S1)-c1ccccc1C41CCCCCCC1. The van der Waals surface area contributed by atoms with Crippen molar-refractivity contribution >= 4 is 22.5 Å². The molecule has 3 aliphatic rings. The summed E-state index contributed by atoms with van der Waals surface area (Å²) in [5, 5.41) is 13.2. The van der Waals surface area contributed by atoms with Crippen LogP contribution in [0.5, 0.6) is 11.5 Å². The van der Waals surface area contributed by atoms with Gasteiger partial charge in [-0.15, -0.1) is 0 Å². The molecule has 3 aromatic rings. The van der Waals surface area contributed by atoms with E-state index in [9.17, 15) is 5.11 Å². The van der Waals surface area contributed by atoms with Crippen LogP contribution in [0.4, 0.5) is 0 Å². The molecule has 3 aromatic carbocycles. The summed E-state index contributed by atoms with van der Waals surface area (Å²) in [5.74, 6) is 1.28. The quantitative estimate of drug-likeness (QED) is 0.406. The molecule has 1 aliphatic heterocycles. The summed E-state index contributed by atoms with van der Waals surface area (Å²) in [4.78, 5) is 0.911. The third-order valence-corrected chi connectivity index (χ3v) is 8.44. The Morgan fingerprint density at radius 1 is 0.867 bits per heavy atom. The van der Waals surface area contributed by atoms with Crippen molar-refractivity contribution in [3.63, 3.8) is 0 Å². The number of phenolic OH excluding ortho intramolecular Hbond substituents is 1. The van der Waals surface area contributed by atoms with Gasteiger partial charge in [-0.2, -0.15) is 0 Å². The topological polar surface area (TPSA) is 29.5 Å². The van der Waals surface area contributed by atoms with E-state index in [1.807, 2.05) is 6.07 Å². The molecular weight excluding hydrogens is 388 g/mol. The van der Waals surface area contributed by atoms with E-state index in [0.29, 0.717) is 5.75 Å². The molecular formula is C27H28O2S. The van der Waals surface area contributed by atoms with Crippen molar-refractivity contribution in [2.24, 2.45) is 0 Å². The maximum absolute atomic E-state index is 11.2. The lowest BCUT2D eigenvalue weighted by molar-refractivity contribution is 0.215. The van der Waals surface area contributed by atoms with E-state index in [1.165, 1.54) is 77.5 Å². The number of benzene rings is 3. The van der Waals surface area contributed by atoms with Crippen molar-refractivity contribution in [2.45, 2.75) is 74.0 Å². The zero-order chi connectivity index (χ0) is 20.5. The van der Waals surface area contributed by atoms with Crippen LogP contribution in [-0.4, -0.2) is 10.0 Å². The summed E-state index contributed by atoms with van der Waals surface area (Å²) >= 11 is 1.77. The van der Waals surface area contributed by atoms with Gasteiger partial charge >= 0.3 is 0 Å². The Morgan fingerprint density at radius 3 is 2.40 bits per heavy atom. The van der Waals surface area contributed by atoms with Crippen LogP contribution in [0.25, 0.3) is 21.9 Å². The highest BCUT2D eigenvalue weighted by Gasteiger charge is 2.44. The minimum atomic E-state index is -0.267. The smallest absolute Gasteiger partial charge is 0.153 e. The fourth-order valence-electron chi connectivity index (χ4n) is 6.10. The maximum atomic E-state index is 11.2. The fraction of sp³-hybridized carbons (Fsp3) is 0.407. The summed E-state index contributed by atoms with van der Waals surface area (Å²) in [6, 6.07) is 15.4. The van der Waals surface area contributed by atoms with Crippen molar-refractivity contribution in [3.8, 4) is 22.6 Å². The number of phenols is 1. The van der Waals surface area contributed by atoms with Crippen LogP contribution in [0, 0.1) is 0 Å². The molecule has 6 rings (SSSR count). The van der Waals surface area contributed by atoms with Gasteiger partial charge in [0.05, 0.1) is 4.90 Å². The molecule has 0 unspecified atom stereocenters. The third kappa shape index (κ3) is 2.57. The first-order chi connectivity index (χ1) is 14.5. The fourth-order valence-corrected chi connectivity index (χ4v) is 7.14. The summed E-state index contributed by atoms with van der Waals surface area (Å²) in [5.41, 5.74) is 5.56. The number of thioether (sulfide) groups is 1. The number of hydrogen-bond acceptors (Lipinski definition) is 3. The van der Waals surface area contributed by atoms with Gasteiger partial charge in [-0.3, -0.25) is 0 Å². The average Bonchev–Trinajstić information content (AvgIpc) is 3.14. The van der Waals surface area contributed by atoms with Crippen molar-refractivity contribution in [1.82, 2.24) is 0 Å². The molecule has 0 saturated heterocycles. The van der Waals surface area contributed by atoms with Crippen molar-refractivity contribution < 1.29 is 9.84 Å². The van der Waals surface area contributed by atoms with Crippen LogP contribution in [0.1, 0.15) is 69.9 Å². The van der Waals surface area contributed by atoms with Crippen LogP contribution in [0.15, 0.2) is 47.4 Å². The summed E-state index contributed by atoms with van der Waals surface area (Å²) in [7, 11) is 0. The monoisotopic (exact) mass is 416 g/mol. The molecule has 0 radical (unpaired) electrons. The molecule has 0 amide bonds. The molecule has 30 heavy (non-hydrogen) atoms. The van der Waals surface area contributed by atoms with E-state index < -0.39 is 0 Å². The molecule has 1 saturated carbocycles. The van der Waals surface area contributed by atoms with Gasteiger partial charge in [0.15, 0.2) is 4.93 Å². The molecule has 1 spiro atoms. The maximum Gasteiger partial charge on any atom is 0.153 e. The van der Waals surface area contributed by atoms with Gasteiger partial charge in [-0.1, -0.05) is 68.1 Å². The Labute approximate surface area is 182 Å². The van der Waals surface area contributed by atoms with E-state index in [-0.39, 0.29) is 10.3 Å². The van der Waals surface area contributed by atoms with E-state index in [2.05, 4.69) is 50.2 Å². The van der Waals surface area contributed by atoms with Crippen LogP contribution in [-0.2, 0) is 5.41 Å². The van der Waals surface area contributed by atoms with Crippen molar-refractivity contribution in [1.29, 1.82) is 0 Å². The van der Waals surface area contributed by atoms with Crippen molar-refractivity contribution in [3.05, 3.63) is 53.6 Å². The second-order valence-corrected chi connectivity index (χ2v) is 11.3. The van der Waals surface area contributed by atoms with Gasteiger partial charge in [0.1, 0.15) is 11.5 Å². The zero-order valence-corrected chi connectivity index (χ0v) is 18.6. The van der Waals surface area contributed by atoms with Gasteiger partial charge in [-0.25, -0.2) is 0 Å². The van der Waals surface area contributed by atoms with Gasteiger partial charge in [0.25, 0.3) is 0 Å². The number of aromatic hydroxyl groups is 1. The van der Waals surface area contributed by atoms with E-state index in [1.54, 1.807) is 11.8 Å². The Balaban J connectivity index is 1.66. The van der Waals surface area contributed by atoms with Gasteiger partial charge in [-0.05, 0) is 72.5 Å². The number of rotatable bonds is 0. The molecule has 0 bridgehead atoms. The predicted octanol–water partition coefficient (Wildman–Crippen LogP) is 7.78. The first kappa shape index (κ1) is 18.6. The molecule has 1 heterocycles. The summed E-state index contributed by atoms with van der Waals surface area (Å²) < 4.78 is 6.14. The van der Waals surface area contributed by atoms with Gasteiger partial charge in [0.2, 0.25) is 0 Å². The van der Waals surface area contributed by atoms with Gasteiger partial charge in [0, 0.05) is 10.8 Å². The minimum absolute atomic E-state index is 0.0416. The first-order valence-electron chi connectivity index (χ1n) is 11.3. The molecule has 154 valence electrons. The number of hydrogen-bond donors (Lipinski definition) is 1. The van der Waals surface area contributed by atoms with Gasteiger partial charge < -0.3 is 9.84 Å². The van der Waals surface area contributed by atoms with Crippen LogP contribution in [0.3, 0.4) is 0 Å². The lowest BCUT2D eigenvalue weighted by atomic mass is 9.69. The highest BCUT2D eigenvalue weighted by atomic mass is 32.2. The lowest BCUT2D eigenvalue weighted by Gasteiger charge is -2.34. The lowest BCUT2D eigenvalue weighted by Crippen LogP contribution is -2.26. The van der Waals surface area contributed by atoms with E-state index in [4.69, 9.17) is 4.74 Å². The zero-order valence-electron chi connectivity index (χ0n) is 17.8. The highest BCUT2D eigenvalue weighted by Crippen LogP contribution is 2.59. The minimum Gasteiger partial charge on any atom is -0.507 e. The molecule has 2 aliphatic carbocycles. The van der Waals surface area contributed by atoms with E-state index in [0.717, 1.165) is 11.1 Å². The van der Waals surface area contributed by atoms with Crippen LogP contribution >= 0.6 is 11.8 Å². The average molecular weight is 417 g/mol. The number of fused-ring (bicyclic) bond motifs is 8. The Morgan fingerprint density at radius 2 is 1.60 bits per heavy atom. The molecule has 2 nitrogen and oxygen atoms in total. The molecule has 1 N–H and O–H groups in total. The molecule has 3 heteroatoms. The predicted molar refractivity (Wildman–Crippen MR) is 125 cm³/mol. The highest BCUT2D eigenvalue weighted by molar-refractivity contribution is 8.00. The summed E-state index contributed by atoms with van der Waals surface area (Å²) in [6.07, 6.45) is 8.86. The molecule has 0 atom stereocenters. The number of ether oxygens (including phenoxy) is 1. The molecule has 0 aromatic heterocycles. The second kappa shape index (κ2) is 6.43. The largest absolute Gasteiger partial charge is 0.507 e. The third-order valence-electron chi connectivity index (χ3n) is 7.33. The Hall–Kier alpha value is -2.13. The normalized spacial score (nSPS) is 20.9. The summed E-state index contributed by atoms with van der Waals surface area (Å²) in [6.45, 7) is 4.21.